The van der Waals surface area contributed by atoms with Gasteiger partial charge in [0, 0.05) is 6.54 Å². The molecule has 0 saturated carbocycles. The molecule has 1 rings (SSSR count). The van der Waals surface area contributed by atoms with E-state index in [2.05, 4.69) is 10.6 Å². The number of aliphatic hydroxyl groups is 2. The third-order valence-corrected chi connectivity index (χ3v) is 5.23. The van der Waals surface area contributed by atoms with E-state index in [1.807, 2.05) is 0 Å². The highest BCUT2D eigenvalue weighted by atomic mass is 16.4. The lowest BCUT2D eigenvalue weighted by Gasteiger charge is -2.29. The number of nitrogens with two attached hydrogens (primary N) is 2. The number of carboxylic acids is 1. The van der Waals surface area contributed by atoms with Gasteiger partial charge >= 0.3 is 5.97 Å². The van der Waals surface area contributed by atoms with Crippen LogP contribution in [-0.2, 0) is 19.2 Å². The molecule has 1 saturated heterocycles. The molecular formula is C19H35N5O7. The number of hydrogen-bond acceptors (Lipinski definition) is 8. The lowest BCUT2D eigenvalue weighted by molar-refractivity contribution is -0.146. The molecule has 1 fully saturated rings. The monoisotopic (exact) mass is 445 g/mol. The van der Waals surface area contributed by atoms with Crippen LogP contribution in [0.1, 0.15) is 46.0 Å². The van der Waals surface area contributed by atoms with Crippen LogP contribution in [0.4, 0.5) is 0 Å². The van der Waals surface area contributed by atoms with Crippen LogP contribution in [0.2, 0.25) is 0 Å². The van der Waals surface area contributed by atoms with Crippen molar-refractivity contribution in [2.24, 2.45) is 11.5 Å². The summed E-state index contributed by atoms with van der Waals surface area (Å²) in [7, 11) is 0. The number of likely N-dealkylation sites (tertiary alicyclic amines) is 1. The van der Waals surface area contributed by atoms with Gasteiger partial charge in [-0.1, -0.05) is 6.42 Å². The van der Waals surface area contributed by atoms with Gasteiger partial charge in [-0.15, -0.1) is 0 Å². The standard InChI is InChI=1S/C19H35N5O7/c1-10(25)14(17(28)23-15(11(2)26)19(30)31)22-16(27)13-7-5-9-24(13)18(29)12(21)6-3-4-8-20/h10-15,25-26H,3-9,20-21H2,1-2H3,(H,22,27)(H,23,28)(H,30,31). The van der Waals surface area contributed by atoms with Crippen LogP contribution in [0.15, 0.2) is 0 Å². The first-order valence-electron chi connectivity index (χ1n) is 10.5. The molecule has 0 aromatic heterocycles. The first-order valence-corrected chi connectivity index (χ1v) is 10.5. The van der Waals surface area contributed by atoms with Crippen molar-refractivity contribution in [2.45, 2.75) is 82.3 Å². The van der Waals surface area contributed by atoms with Crippen molar-refractivity contribution in [2.75, 3.05) is 13.1 Å². The Morgan fingerprint density at radius 2 is 1.68 bits per heavy atom. The van der Waals surface area contributed by atoms with Gasteiger partial charge in [-0.25, -0.2) is 4.79 Å². The molecule has 1 heterocycles. The van der Waals surface area contributed by atoms with Crippen molar-refractivity contribution in [3.63, 3.8) is 0 Å². The molecule has 6 atom stereocenters. The van der Waals surface area contributed by atoms with Gasteiger partial charge in [0.15, 0.2) is 6.04 Å². The molecule has 0 spiro atoms. The van der Waals surface area contributed by atoms with Gasteiger partial charge in [0.2, 0.25) is 17.7 Å². The van der Waals surface area contributed by atoms with Crippen LogP contribution in [0.25, 0.3) is 0 Å². The number of rotatable bonds is 12. The van der Waals surface area contributed by atoms with E-state index in [1.54, 1.807) is 0 Å². The number of nitrogens with zero attached hydrogens (tertiary/aromatic N) is 1. The third kappa shape index (κ3) is 7.73. The maximum atomic E-state index is 12.8. The number of carbonyl (C=O) groups is 4. The van der Waals surface area contributed by atoms with Gasteiger partial charge in [-0.2, -0.15) is 0 Å². The van der Waals surface area contributed by atoms with Gasteiger partial charge in [0.25, 0.3) is 0 Å². The molecule has 0 radical (unpaired) electrons. The molecule has 178 valence electrons. The number of aliphatic hydroxyl groups excluding tert-OH is 2. The Morgan fingerprint density at radius 1 is 1.06 bits per heavy atom. The van der Waals surface area contributed by atoms with Gasteiger partial charge in [-0.05, 0) is 46.1 Å². The Bertz CT molecular complexity index is 643. The van der Waals surface area contributed by atoms with E-state index < -0.39 is 54.2 Å². The van der Waals surface area contributed by atoms with Crippen LogP contribution >= 0.6 is 0 Å². The van der Waals surface area contributed by atoms with E-state index in [1.165, 1.54) is 18.7 Å². The average molecular weight is 446 g/mol. The predicted octanol–water partition coefficient (Wildman–Crippen LogP) is -2.75. The van der Waals surface area contributed by atoms with E-state index in [-0.39, 0.29) is 5.91 Å². The Labute approximate surface area is 181 Å². The van der Waals surface area contributed by atoms with Crippen molar-refractivity contribution in [3.8, 4) is 0 Å². The van der Waals surface area contributed by atoms with Gasteiger partial charge in [0.05, 0.1) is 18.2 Å². The Kier molecular flexibility index (Phi) is 10.8. The third-order valence-electron chi connectivity index (χ3n) is 5.23. The summed E-state index contributed by atoms with van der Waals surface area (Å²) < 4.78 is 0. The van der Waals surface area contributed by atoms with Gasteiger partial charge < -0.3 is 42.3 Å². The summed E-state index contributed by atoms with van der Waals surface area (Å²) >= 11 is 0. The Morgan fingerprint density at radius 3 is 2.19 bits per heavy atom. The molecule has 0 bridgehead atoms. The Balaban J connectivity index is 2.83. The summed E-state index contributed by atoms with van der Waals surface area (Å²) in [5.74, 6) is -3.45. The molecule has 0 aliphatic carbocycles. The lowest BCUT2D eigenvalue weighted by Crippen LogP contribution is -2.60. The van der Waals surface area contributed by atoms with Crippen molar-refractivity contribution >= 4 is 23.7 Å². The number of carbonyl (C=O) groups excluding carboxylic acids is 3. The molecule has 6 unspecified atom stereocenters. The van der Waals surface area contributed by atoms with Crippen LogP contribution < -0.4 is 22.1 Å². The molecule has 1 aliphatic rings. The van der Waals surface area contributed by atoms with E-state index in [9.17, 15) is 29.4 Å². The zero-order valence-electron chi connectivity index (χ0n) is 18.0. The summed E-state index contributed by atoms with van der Waals surface area (Å²) in [4.78, 5) is 50.5. The topological polar surface area (TPSA) is 208 Å². The summed E-state index contributed by atoms with van der Waals surface area (Å²) in [6, 6.07) is -4.70. The van der Waals surface area contributed by atoms with Crippen molar-refractivity contribution in [3.05, 3.63) is 0 Å². The number of aliphatic carboxylic acids is 1. The molecule has 12 nitrogen and oxygen atoms in total. The zero-order chi connectivity index (χ0) is 23.7. The smallest absolute Gasteiger partial charge is 0.328 e. The molecule has 0 aromatic rings. The highest BCUT2D eigenvalue weighted by molar-refractivity contribution is 5.94. The summed E-state index contributed by atoms with van der Waals surface area (Å²) in [6.45, 7) is 3.29. The quantitative estimate of drug-likeness (QED) is 0.155. The molecule has 0 aromatic carbocycles. The van der Waals surface area contributed by atoms with E-state index in [0.717, 1.165) is 6.42 Å². The minimum absolute atomic E-state index is 0.343. The van der Waals surface area contributed by atoms with Crippen LogP contribution in [0, 0.1) is 0 Å². The average Bonchev–Trinajstić information content (AvgIpc) is 3.18. The molecular weight excluding hydrogens is 410 g/mol. The summed E-state index contributed by atoms with van der Waals surface area (Å²) in [5, 5.41) is 33.1. The second-order valence-corrected chi connectivity index (χ2v) is 7.87. The number of carboxylic acid groups (broad SMARTS) is 1. The van der Waals surface area contributed by atoms with Crippen molar-refractivity contribution in [1.82, 2.24) is 15.5 Å². The SMILES string of the molecule is CC(O)C(NC(=O)C(NC(=O)C1CCCN1C(=O)C(N)CCCCN)C(C)O)C(=O)O. The summed E-state index contributed by atoms with van der Waals surface area (Å²) in [5.41, 5.74) is 11.4. The summed E-state index contributed by atoms with van der Waals surface area (Å²) in [6.07, 6.45) is 0.0644. The highest BCUT2D eigenvalue weighted by Crippen LogP contribution is 2.19. The molecule has 3 amide bonds. The van der Waals surface area contributed by atoms with Gasteiger partial charge in [-0.3, -0.25) is 14.4 Å². The normalized spacial score (nSPS) is 21.0. The van der Waals surface area contributed by atoms with E-state index >= 15 is 0 Å². The lowest BCUT2D eigenvalue weighted by atomic mass is 10.1. The maximum absolute atomic E-state index is 12.8. The zero-order valence-corrected chi connectivity index (χ0v) is 18.0. The minimum atomic E-state index is -1.61. The molecule has 9 N–H and O–H groups in total. The molecule has 31 heavy (non-hydrogen) atoms. The van der Waals surface area contributed by atoms with Gasteiger partial charge in [0.1, 0.15) is 12.1 Å². The number of unbranched alkanes of at least 4 members (excludes halogenated alkanes) is 1. The fourth-order valence-corrected chi connectivity index (χ4v) is 3.43. The molecule has 1 aliphatic heterocycles. The fourth-order valence-electron chi connectivity index (χ4n) is 3.43. The fraction of sp³-hybridized carbons (Fsp3) is 0.789. The minimum Gasteiger partial charge on any atom is -0.480 e. The highest BCUT2D eigenvalue weighted by Gasteiger charge is 2.39. The second kappa shape index (κ2) is 12.5. The number of nitrogens with one attached hydrogen (secondary N) is 2. The first kappa shape index (κ1) is 26.8. The van der Waals surface area contributed by atoms with Crippen LogP contribution in [0.5, 0.6) is 0 Å². The Hall–Kier alpha value is -2.28. The molecule has 12 heteroatoms. The van der Waals surface area contributed by atoms with E-state index in [4.69, 9.17) is 16.6 Å². The largest absolute Gasteiger partial charge is 0.480 e. The first-order chi connectivity index (χ1) is 14.5. The second-order valence-electron chi connectivity index (χ2n) is 7.87. The number of hydrogen-bond donors (Lipinski definition) is 7. The van der Waals surface area contributed by atoms with Crippen LogP contribution in [-0.4, -0.2) is 93.4 Å². The number of amides is 3. The predicted molar refractivity (Wildman–Crippen MR) is 110 cm³/mol. The van der Waals surface area contributed by atoms with E-state index in [0.29, 0.717) is 38.8 Å². The van der Waals surface area contributed by atoms with Crippen LogP contribution in [0.3, 0.4) is 0 Å². The van der Waals surface area contributed by atoms with Crippen molar-refractivity contribution < 1.29 is 34.5 Å². The van der Waals surface area contributed by atoms with Crippen molar-refractivity contribution in [1.29, 1.82) is 0 Å². The maximum Gasteiger partial charge on any atom is 0.328 e.